The van der Waals surface area contributed by atoms with Crippen molar-refractivity contribution in [3.8, 4) is 0 Å². The van der Waals surface area contributed by atoms with Gasteiger partial charge in [0.1, 0.15) is 16.4 Å². The van der Waals surface area contributed by atoms with Crippen molar-refractivity contribution in [2.75, 3.05) is 11.9 Å². The first-order valence-electron chi connectivity index (χ1n) is 6.23. The Morgan fingerprint density at radius 2 is 2.10 bits per heavy atom. The molecule has 0 atom stereocenters. The van der Waals surface area contributed by atoms with Crippen molar-refractivity contribution in [3.05, 3.63) is 46.9 Å². The summed E-state index contributed by atoms with van der Waals surface area (Å²) >= 11 is 0.954. The molecule has 1 heterocycles. The van der Waals surface area contributed by atoms with Crippen LogP contribution in [0.3, 0.4) is 0 Å². The van der Waals surface area contributed by atoms with Crippen LogP contribution in [-0.4, -0.2) is 22.9 Å². The van der Waals surface area contributed by atoms with Gasteiger partial charge < -0.3 is 10.1 Å². The van der Waals surface area contributed by atoms with Gasteiger partial charge in [0.05, 0.1) is 17.9 Å². The zero-order valence-corrected chi connectivity index (χ0v) is 12.3. The zero-order valence-electron chi connectivity index (χ0n) is 11.5. The van der Waals surface area contributed by atoms with Gasteiger partial charge in [0, 0.05) is 0 Å². The number of nitrogens with one attached hydrogen (secondary N) is 1. The maximum absolute atomic E-state index is 13.6. The highest BCUT2D eigenvalue weighted by atomic mass is 32.1. The van der Waals surface area contributed by atoms with E-state index in [9.17, 15) is 14.0 Å². The van der Waals surface area contributed by atoms with Crippen LogP contribution in [0.5, 0.6) is 0 Å². The van der Waals surface area contributed by atoms with Crippen molar-refractivity contribution >= 4 is 28.4 Å². The minimum Gasteiger partial charge on any atom is -0.462 e. The first-order chi connectivity index (χ1) is 10.0. The summed E-state index contributed by atoms with van der Waals surface area (Å²) in [6.45, 7) is 3.54. The Labute approximate surface area is 124 Å². The zero-order chi connectivity index (χ0) is 15.4. The van der Waals surface area contributed by atoms with Crippen LogP contribution in [0.2, 0.25) is 0 Å². The molecule has 0 unspecified atom stereocenters. The van der Waals surface area contributed by atoms with E-state index in [0.717, 1.165) is 11.5 Å². The second kappa shape index (κ2) is 6.45. The van der Waals surface area contributed by atoms with Crippen molar-refractivity contribution in [2.24, 2.45) is 0 Å². The summed E-state index contributed by atoms with van der Waals surface area (Å²) in [4.78, 5) is 23.9. The molecule has 1 N–H and O–H groups in total. The molecule has 1 amide bonds. The van der Waals surface area contributed by atoms with E-state index < -0.39 is 17.7 Å². The van der Waals surface area contributed by atoms with Crippen LogP contribution in [-0.2, 0) is 4.74 Å². The number of anilines is 1. The Kier molecular flexibility index (Phi) is 4.64. The molecule has 7 heteroatoms. The van der Waals surface area contributed by atoms with E-state index in [1.165, 1.54) is 18.2 Å². The lowest BCUT2D eigenvalue weighted by molar-refractivity contribution is 0.0527. The first kappa shape index (κ1) is 15.1. The number of benzene rings is 1. The molecule has 2 aromatic rings. The first-order valence-corrected chi connectivity index (χ1v) is 7.01. The van der Waals surface area contributed by atoms with Crippen molar-refractivity contribution in [1.29, 1.82) is 0 Å². The third-order valence-electron chi connectivity index (χ3n) is 2.69. The highest BCUT2D eigenvalue weighted by molar-refractivity contribution is 7.11. The molecular weight excluding hydrogens is 295 g/mol. The van der Waals surface area contributed by atoms with E-state index >= 15 is 0 Å². The van der Waals surface area contributed by atoms with Crippen LogP contribution in [0.1, 0.15) is 33.3 Å². The predicted molar refractivity (Wildman–Crippen MR) is 77.2 cm³/mol. The molecule has 0 aliphatic rings. The molecule has 21 heavy (non-hydrogen) atoms. The second-order valence-corrected chi connectivity index (χ2v) is 4.90. The lowest BCUT2D eigenvalue weighted by Gasteiger charge is -2.06. The molecular formula is C14H13FN2O3S. The quantitative estimate of drug-likeness (QED) is 0.882. The number of halogens is 1. The summed E-state index contributed by atoms with van der Waals surface area (Å²) in [6.07, 6.45) is 0. The number of hydrogen-bond acceptors (Lipinski definition) is 5. The molecule has 0 aliphatic carbocycles. The number of rotatable bonds is 4. The maximum Gasteiger partial charge on any atom is 0.343 e. The highest BCUT2D eigenvalue weighted by Gasteiger charge is 2.22. The molecule has 0 radical (unpaired) electrons. The Bertz CT molecular complexity index is 685. The summed E-state index contributed by atoms with van der Waals surface area (Å²) < 4.78 is 22.5. The number of carbonyl (C=O) groups excluding carboxylic acids is 2. The Balaban J connectivity index is 2.27. The highest BCUT2D eigenvalue weighted by Crippen LogP contribution is 2.26. The lowest BCUT2D eigenvalue weighted by atomic mass is 10.2. The standard InChI is InChI=1S/C14H13FN2O3S/c1-3-20-14(19)11-8(2)17-21-13(11)16-12(18)9-6-4-5-7-10(9)15/h4-7H,3H2,1-2H3,(H,16,18). The number of hydrogen-bond donors (Lipinski definition) is 1. The van der Waals surface area contributed by atoms with Crippen molar-refractivity contribution in [1.82, 2.24) is 4.37 Å². The summed E-state index contributed by atoms with van der Waals surface area (Å²) in [5, 5.41) is 2.75. The number of esters is 1. The van der Waals surface area contributed by atoms with Gasteiger partial charge >= 0.3 is 5.97 Å². The average molecular weight is 308 g/mol. The summed E-state index contributed by atoms with van der Waals surface area (Å²) in [7, 11) is 0. The minimum atomic E-state index is -0.637. The van der Waals surface area contributed by atoms with Gasteiger partial charge in [-0.05, 0) is 37.5 Å². The van der Waals surface area contributed by atoms with Crippen LogP contribution >= 0.6 is 11.5 Å². The molecule has 1 aromatic carbocycles. The maximum atomic E-state index is 13.6. The lowest BCUT2D eigenvalue weighted by Crippen LogP contribution is -2.16. The normalized spacial score (nSPS) is 10.2. The molecule has 2 rings (SSSR count). The van der Waals surface area contributed by atoms with E-state index in [1.807, 2.05) is 0 Å². The van der Waals surface area contributed by atoms with E-state index in [0.29, 0.717) is 5.69 Å². The van der Waals surface area contributed by atoms with Crippen LogP contribution in [0, 0.1) is 12.7 Å². The van der Waals surface area contributed by atoms with Gasteiger partial charge in [-0.2, -0.15) is 4.37 Å². The van der Waals surface area contributed by atoms with Gasteiger partial charge in [0.25, 0.3) is 5.91 Å². The number of ether oxygens (including phenoxy) is 1. The van der Waals surface area contributed by atoms with Crippen molar-refractivity contribution < 1.29 is 18.7 Å². The summed E-state index contributed by atoms with van der Waals surface area (Å²) in [6, 6.07) is 5.61. The number of amides is 1. The smallest absolute Gasteiger partial charge is 0.343 e. The fourth-order valence-corrected chi connectivity index (χ4v) is 2.49. The molecule has 0 saturated heterocycles. The van der Waals surface area contributed by atoms with Crippen LogP contribution in [0.4, 0.5) is 9.39 Å². The monoisotopic (exact) mass is 308 g/mol. The molecule has 0 spiro atoms. The molecule has 1 aromatic heterocycles. The summed E-state index contributed by atoms with van der Waals surface area (Å²) in [5.41, 5.74) is 0.562. The van der Waals surface area contributed by atoms with E-state index in [1.54, 1.807) is 19.9 Å². The molecule has 0 fully saturated rings. The van der Waals surface area contributed by atoms with E-state index in [2.05, 4.69) is 9.69 Å². The van der Waals surface area contributed by atoms with Crippen molar-refractivity contribution in [2.45, 2.75) is 13.8 Å². The Hall–Kier alpha value is -2.28. The van der Waals surface area contributed by atoms with E-state index in [-0.39, 0.29) is 22.7 Å². The average Bonchev–Trinajstić information content (AvgIpc) is 2.80. The number of aromatic nitrogens is 1. The molecule has 5 nitrogen and oxygen atoms in total. The fraction of sp³-hybridized carbons (Fsp3) is 0.214. The van der Waals surface area contributed by atoms with Gasteiger partial charge in [-0.25, -0.2) is 9.18 Å². The number of carbonyl (C=O) groups is 2. The number of nitrogens with zero attached hydrogens (tertiary/aromatic N) is 1. The topological polar surface area (TPSA) is 68.3 Å². The van der Waals surface area contributed by atoms with Gasteiger partial charge in [0.15, 0.2) is 0 Å². The number of aryl methyl sites for hydroxylation is 1. The van der Waals surface area contributed by atoms with Gasteiger partial charge in [-0.3, -0.25) is 4.79 Å². The summed E-state index contributed by atoms with van der Waals surface area (Å²) in [5.74, 6) is -1.83. The van der Waals surface area contributed by atoms with Gasteiger partial charge in [-0.15, -0.1) is 0 Å². The third-order valence-corrected chi connectivity index (χ3v) is 3.54. The molecule has 0 aliphatic heterocycles. The van der Waals surface area contributed by atoms with Crippen LogP contribution in [0.15, 0.2) is 24.3 Å². The fourth-order valence-electron chi connectivity index (χ4n) is 1.71. The largest absolute Gasteiger partial charge is 0.462 e. The second-order valence-electron chi connectivity index (χ2n) is 4.13. The van der Waals surface area contributed by atoms with Crippen LogP contribution in [0.25, 0.3) is 0 Å². The third kappa shape index (κ3) is 3.25. The Morgan fingerprint density at radius 3 is 2.76 bits per heavy atom. The van der Waals surface area contributed by atoms with E-state index in [4.69, 9.17) is 4.74 Å². The molecule has 0 bridgehead atoms. The van der Waals surface area contributed by atoms with Gasteiger partial charge in [-0.1, -0.05) is 12.1 Å². The minimum absolute atomic E-state index is 0.0987. The van der Waals surface area contributed by atoms with Crippen LogP contribution < -0.4 is 5.32 Å². The molecule has 0 saturated carbocycles. The SMILES string of the molecule is CCOC(=O)c1c(C)nsc1NC(=O)c1ccccc1F. The van der Waals surface area contributed by atoms with Crippen molar-refractivity contribution in [3.63, 3.8) is 0 Å². The van der Waals surface area contributed by atoms with Gasteiger partial charge in [0.2, 0.25) is 0 Å². The molecule has 110 valence electrons. The Morgan fingerprint density at radius 1 is 1.38 bits per heavy atom. The predicted octanol–water partition coefficient (Wildman–Crippen LogP) is 3.02.